The van der Waals surface area contributed by atoms with Crippen LogP contribution in [0.1, 0.15) is 162 Å². The maximum atomic E-state index is 12.3. The summed E-state index contributed by atoms with van der Waals surface area (Å²) in [5.41, 5.74) is 0. The van der Waals surface area contributed by atoms with Crippen molar-refractivity contribution in [3.8, 4) is 0 Å². The molecule has 0 aliphatic rings. The van der Waals surface area contributed by atoms with Crippen LogP contribution in [0.4, 0.5) is 0 Å². The van der Waals surface area contributed by atoms with E-state index in [-0.39, 0.29) is 19.4 Å². The standard InChI is InChI=1S/C38H67O8P/c1-3-5-7-9-11-13-15-17-19-21-23-25-27-29-31-33-38(40)46-36(35-45-47(41,42)43)34-44-37(39)32-30-28-26-24-22-20-18-16-14-12-10-8-6-4-2/h11,13,16-19,23,25,36H,3-10,12,14-15,20-22,24,26-35H2,1-2H3,(H2,41,42,43)/b13-11-,18-16-,19-17-,25-23-/t36-/m1/s1. The van der Waals surface area contributed by atoms with Crippen molar-refractivity contribution in [1.29, 1.82) is 0 Å². The normalized spacial score (nSPS) is 13.0. The first kappa shape index (κ1) is 45.0. The topological polar surface area (TPSA) is 119 Å². The number of hydrogen-bond acceptors (Lipinski definition) is 6. The molecule has 0 aromatic carbocycles. The molecular weight excluding hydrogens is 615 g/mol. The Labute approximate surface area is 286 Å². The maximum Gasteiger partial charge on any atom is 0.469 e. The van der Waals surface area contributed by atoms with Gasteiger partial charge < -0.3 is 19.3 Å². The van der Waals surface area contributed by atoms with Gasteiger partial charge in [-0.1, -0.05) is 120 Å². The summed E-state index contributed by atoms with van der Waals surface area (Å²) >= 11 is 0. The van der Waals surface area contributed by atoms with Crippen LogP contribution in [-0.2, 0) is 28.2 Å². The van der Waals surface area contributed by atoms with E-state index in [0.29, 0.717) is 12.8 Å². The summed E-state index contributed by atoms with van der Waals surface area (Å²) in [5, 5.41) is 0. The number of hydrogen-bond donors (Lipinski definition) is 2. The molecule has 0 heterocycles. The Balaban J connectivity index is 4.08. The lowest BCUT2D eigenvalue weighted by Gasteiger charge is -2.18. The fourth-order valence-electron chi connectivity index (χ4n) is 4.78. The fourth-order valence-corrected chi connectivity index (χ4v) is 5.14. The van der Waals surface area contributed by atoms with Crippen molar-refractivity contribution in [2.45, 2.75) is 168 Å². The molecule has 0 aromatic rings. The third kappa shape index (κ3) is 36.7. The lowest BCUT2D eigenvalue weighted by Crippen LogP contribution is -2.29. The minimum absolute atomic E-state index is 0.160. The smallest absolute Gasteiger partial charge is 0.462 e. The number of unbranched alkanes of at least 4 members (excludes halogenated alkanes) is 15. The van der Waals surface area contributed by atoms with Crippen LogP contribution in [0.3, 0.4) is 0 Å². The van der Waals surface area contributed by atoms with E-state index in [4.69, 9.17) is 19.3 Å². The molecule has 2 N–H and O–H groups in total. The Morgan fingerprint density at radius 3 is 1.53 bits per heavy atom. The molecule has 0 saturated carbocycles. The van der Waals surface area contributed by atoms with Crippen LogP contribution in [-0.4, -0.2) is 41.0 Å². The van der Waals surface area contributed by atoms with Gasteiger partial charge in [-0.25, -0.2) is 4.57 Å². The molecule has 47 heavy (non-hydrogen) atoms. The van der Waals surface area contributed by atoms with E-state index < -0.39 is 32.5 Å². The molecule has 0 unspecified atom stereocenters. The SMILES string of the molecule is CCCCC/C=C\C/C=C\C/C=C\CCCCC(=O)O[C@H](COC(=O)CCCCCCC/C=C\CCCCCCC)COP(=O)(O)O. The first-order chi connectivity index (χ1) is 22.8. The molecule has 8 nitrogen and oxygen atoms in total. The second-order valence-corrected chi connectivity index (χ2v) is 13.4. The largest absolute Gasteiger partial charge is 0.469 e. The predicted molar refractivity (Wildman–Crippen MR) is 193 cm³/mol. The molecule has 0 saturated heterocycles. The van der Waals surface area contributed by atoms with Crippen molar-refractivity contribution in [2.24, 2.45) is 0 Å². The van der Waals surface area contributed by atoms with Gasteiger partial charge in [0.1, 0.15) is 6.61 Å². The molecule has 0 amide bonds. The van der Waals surface area contributed by atoms with Gasteiger partial charge in [-0.15, -0.1) is 0 Å². The Hall–Kier alpha value is -1.99. The van der Waals surface area contributed by atoms with Gasteiger partial charge in [0.2, 0.25) is 0 Å². The molecule has 0 fully saturated rings. The van der Waals surface area contributed by atoms with Crippen molar-refractivity contribution < 1.29 is 37.9 Å². The Morgan fingerprint density at radius 1 is 0.553 bits per heavy atom. The monoisotopic (exact) mass is 682 g/mol. The van der Waals surface area contributed by atoms with E-state index in [0.717, 1.165) is 64.2 Å². The molecular formula is C38H67O8P. The van der Waals surface area contributed by atoms with Crippen molar-refractivity contribution in [2.75, 3.05) is 13.2 Å². The molecule has 0 bridgehead atoms. The van der Waals surface area contributed by atoms with Crippen molar-refractivity contribution in [3.05, 3.63) is 48.6 Å². The van der Waals surface area contributed by atoms with E-state index in [2.05, 4.69) is 67.0 Å². The average Bonchev–Trinajstić information content (AvgIpc) is 3.03. The average molecular weight is 683 g/mol. The summed E-state index contributed by atoms with van der Waals surface area (Å²) in [7, 11) is -4.76. The van der Waals surface area contributed by atoms with E-state index in [1.807, 2.05) is 0 Å². The highest BCUT2D eigenvalue weighted by atomic mass is 31.2. The van der Waals surface area contributed by atoms with Gasteiger partial charge in [-0.2, -0.15) is 0 Å². The van der Waals surface area contributed by atoms with E-state index in [1.165, 1.54) is 57.8 Å². The van der Waals surface area contributed by atoms with Crippen LogP contribution in [0.15, 0.2) is 48.6 Å². The van der Waals surface area contributed by atoms with Gasteiger partial charge in [-0.05, 0) is 77.0 Å². The minimum Gasteiger partial charge on any atom is -0.462 e. The zero-order chi connectivity index (χ0) is 34.7. The molecule has 0 radical (unpaired) electrons. The third-order valence-corrected chi connectivity index (χ3v) is 8.06. The zero-order valence-electron chi connectivity index (χ0n) is 29.7. The lowest BCUT2D eigenvalue weighted by atomic mass is 10.1. The first-order valence-electron chi connectivity index (χ1n) is 18.4. The highest BCUT2D eigenvalue weighted by Gasteiger charge is 2.22. The van der Waals surface area contributed by atoms with Gasteiger partial charge >= 0.3 is 19.8 Å². The van der Waals surface area contributed by atoms with Crippen LogP contribution in [0.2, 0.25) is 0 Å². The van der Waals surface area contributed by atoms with E-state index in [9.17, 15) is 14.2 Å². The van der Waals surface area contributed by atoms with Crippen molar-refractivity contribution >= 4 is 19.8 Å². The molecule has 1 atom stereocenters. The maximum absolute atomic E-state index is 12.3. The summed E-state index contributed by atoms with van der Waals surface area (Å²) in [6.07, 6.45) is 39.7. The number of carbonyl (C=O) groups excluding carboxylic acids is 2. The summed E-state index contributed by atoms with van der Waals surface area (Å²) in [6.45, 7) is 3.59. The van der Waals surface area contributed by atoms with Crippen LogP contribution < -0.4 is 0 Å². The van der Waals surface area contributed by atoms with E-state index >= 15 is 0 Å². The highest BCUT2D eigenvalue weighted by molar-refractivity contribution is 7.46. The van der Waals surface area contributed by atoms with Crippen LogP contribution in [0, 0.1) is 0 Å². The number of ether oxygens (including phenoxy) is 2. The van der Waals surface area contributed by atoms with E-state index in [1.54, 1.807) is 0 Å². The number of phosphoric ester groups is 1. The van der Waals surface area contributed by atoms with Gasteiger partial charge in [0, 0.05) is 12.8 Å². The molecule has 0 aliphatic heterocycles. The highest BCUT2D eigenvalue weighted by Crippen LogP contribution is 2.35. The van der Waals surface area contributed by atoms with Crippen molar-refractivity contribution in [3.63, 3.8) is 0 Å². The molecule has 9 heteroatoms. The minimum atomic E-state index is -4.76. The Kier molecular flexibility index (Phi) is 32.5. The number of carbonyl (C=O) groups is 2. The second kappa shape index (κ2) is 33.9. The van der Waals surface area contributed by atoms with Gasteiger partial charge in [-0.3, -0.25) is 14.1 Å². The predicted octanol–water partition coefficient (Wildman–Crippen LogP) is 10.8. The van der Waals surface area contributed by atoms with Crippen LogP contribution >= 0.6 is 7.82 Å². The third-order valence-electron chi connectivity index (χ3n) is 7.57. The van der Waals surface area contributed by atoms with Crippen LogP contribution in [0.5, 0.6) is 0 Å². The molecule has 272 valence electrons. The number of allylic oxidation sites excluding steroid dienone is 8. The molecule has 0 aliphatic carbocycles. The fraction of sp³-hybridized carbons (Fsp3) is 0.737. The van der Waals surface area contributed by atoms with Gasteiger partial charge in [0.25, 0.3) is 0 Å². The molecule has 0 rings (SSSR count). The summed E-state index contributed by atoms with van der Waals surface area (Å²) in [6, 6.07) is 0. The van der Waals surface area contributed by atoms with Crippen molar-refractivity contribution in [1.82, 2.24) is 0 Å². The first-order valence-corrected chi connectivity index (χ1v) is 20.0. The summed E-state index contributed by atoms with van der Waals surface area (Å²) in [5.74, 6) is -0.943. The second-order valence-electron chi connectivity index (χ2n) is 12.2. The summed E-state index contributed by atoms with van der Waals surface area (Å²) < 4.78 is 26.2. The quantitative estimate of drug-likeness (QED) is 0.0304. The van der Waals surface area contributed by atoms with Gasteiger partial charge in [0.15, 0.2) is 6.10 Å². The Morgan fingerprint density at radius 2 is 0.957 bits per heavy atom. The number of phosphoric acid groups is 1. The Bertz CT molecular complexity index is 905. The lowest BCUT2D eigenvalue weighted by molar-refractivity contribution is -0.161. The number of rotatable bonds is 33. The molecule has 0 aromatic heterocycles. The summed E-state index contributed by atoms with van der Waals surface area (Å²) in [4.78, 5) is 42.6. The van der Waals surface area contributed by atoms with Crippen LogP contribution in [0.25, 0.3) is 0 Å². The van der Waals surface area contributed by atoms with Gasteiger partial charge in [0.05, 0.1) is 6.61 Å². The zero-order valence-corrected chi connectivity index (χ0v) is 30.6. The molecule has 0 spiro atoms. The number of esters is 2.